The van der Waals surface area contributed by atoms with Crippen molar-refractivity contribution < 1.29 is 9.53 Å². The number of thioether (sulfide) groups is 1. The number of likely N-dealkylation sites (tertiary alicyclic amines) is 1. The first kappa shape index (κ1) is 23.6. The highest BCUT2D eigenvalue weighted by Crippen LogP contribution is 2.27. The topological polar surface area (TPSA) is 72.3 Å². The number of aromatic nitrogens is 3. The molecular weight excluding hydrogens is 458 g/mol. The van der Waals surface area contributed by atoms with Gasteiger partial charge in [0.05, 0.1) is 31.0 Å². The molecule has 0 saturated carbocycles. The van der Waals surface area contributed by atoms with Gasteiger partial charge in [0.1, 0.15) is 11.6 Å². The Balaban J connectivity index is 1.44. The SMILES string of the molecule is COc1ccc(NC(=O)CSc2nnc(CN3CCCCC3)n2Cc2ccccc2)cc1Cl. The fourth-order valence-corrected chi connectivity index (χ4v) is 4.87. The second-order valence-electron chi connectivity index (χ2n) is 7.99. The smallest absolute Gasteiger partial charge is 0.234 e. The molecule has 174 valence electrons. The quantitative estimate of drug-likeness (QED) is 0.443. The van der Waals surface area contributed by atoms with Gasteiger partial charge in [-0.2, -0.15) is 0 Å². The number of rotatable bonds is 9. The fraction of sp³-hybridized carbons (Fsp3) is 0.375. The number of anilines is 1. The van der Waals surface area contributed by atoms with E-state index in [0.717, 1.165) is 30.6 Å². The number of ether oxygens (including phenoxy) is 1. The molecule has 0 atom stereocenters. The highest BCUT2D eigenvalue weighted by Gasteiger charge is 2.19. The zero-order chi connectivity index (χ0) is 23.0. The summed E-state index contributed by atoms with van der Waals surface area (Å²) in [6.07, 6.45) is 3.75. The number of nitrogens with zero attached hydrogens (tertiary/aromatic N) is 4. The van der Waals surface area contributed by atoms with E-state index in [2.05, 4.69) is 37.1 Å². The number of halogens is 1. The van der Waals surface area contributed by atoms with Crippen molar-refractivity contribution in [2.75, 3.05) is 31.3 Å². The fourth-order valence-electron chi connectivity index (χ4n) is 3.86. The van der Waals surface area contributed by atoms with Crippen LogP contribution in [0.15, 0.2) is 53.7 Å². The minimum absolute atomic E-state index is 0.131. The molecule has 1 aliphatic rings. The maximum atomic E-state index is 12.6. The zero-order valence-electron chi connectivity index (χ0n) is 18.7. The van der Waals surface area contributed by atoms with Gasteiger partial charge in [0.15, 0.2) is 5.16 Å². The number of piperidine rings is 1. The third-order valence-corrected chi connectivity index (χ3v) is 6.82. The highest BCUT2D eigenvalue weighted by atomic mass is 35.5. The monoisotopic (exact) mass is 485 g/mol. The molecule has 1 amide bonds. The van der Waals surface area contributed by atoms with Crippen LogP contribution in [-0.2, 0) is 17.9 Å². The van der Waals surface area contributed by atoms with Gasteiger partial charge in [-0.25, -0.2) is 0 Å². The van der Waals surface area contributed by atoms with Gasteiger partial charge in [0.25, 0.3) is 0 Å². The second-order valence-corrected chi connectivity index (χ2v) is 9.34. The van der Waals surface area contributed by atoms with Crippen molar-refractivity contribution in [1.82, 2.24) is 19.7 Å². The highest BCUT2D eigenvalue weighted by molar-refractivity contribution is 7.99. The van der Waals surface area contributed by atoms with Gasteiger partial charge in [-0.3, -0.25) is 9.69 Å². The minimum Gasteiger partial charge on any atom is -0.495 e. The molecule has 1 aliphatic heterocycles. The number of methoxy groups -OCH3 is 1. The Morgan fingerprint density at radius 2 is 1.88 bits per heavy atom. The van der Waals surface area contributed by atoms with Crippen molar-refractivity contribution in [3.63, 3.8) is 0 Å². The predicted molar refractivity (Wildman–Crippen MR) is 132 cm³/mol. The molecule has 0 bridgehead atoms. The molecule has 4 rings (SSSR count). The van der Waals surface area contributed by atoms with E-state index in [-0.39, 0.29) is 11.7 Å². The third kappa shape index (κ3) is 6.50. The summed E-state index contributed by atoms with van der Waals surface area (Å²) in [6, 6.07) is 15.4. The molecule has 2 heterocycles. The summed E-state index contributed by atoms with van der Waals surface area (Å²) >= 11 is 7.55. The van der Waals surface area contributed by atoms with Crippen LogP contribution in [0.2, 0.25) is 5.02 Å². The second kappa shape index (κ2) is 11.5. The number of hydrogen-bond acceptors (Lipinski definition) is 6. The lowest BCUT2D eigenvalue weighted by Gasteiger charge is -2.26. The van der Waals surface area contributed by atoms with E-state index in [9.17, 15) is 4.79 Å². The van der Waals surface area contributed by atoms with Gasteiger partial charge in [0, 0.05) is 5.69 Å². The lowest BCUT2D eigenvalue weighted by Crippen LogP contribution is -2.30. The number of carbonyl (C=O) groups excluding carboxylic acids is 1. The normalized spacial score (nSPS) is 14.2. The molecule has 1 aromatic heterocycles. The van der Waals surface area contributed by atoms with Crippen molar-refractivity contribution in [3.8, 4) is 5.75 Å². The van der Waals surface area contributed by atoms with E-state index in [4.69, 9.17) is 16.3 Å². The van der Waals surface area contributed by atoms with Crippen LogP contribution in [0, 0.1) is 0 Å². The molecule has 7 nitrogen and oxygen atoms in total. The number of amides is 1. The number of carbonyl (C=O) groups is 1. The van der Waals surface area contributed by atoms with Gasteiger partial charge in [-0.05, 0) is 49.7 Å². The van der Waals surface area contributed by atoms with Crippen LogP contribution in [0.5, 0.6) is 5.75 Å². The summed E-state index contributed by atoms with van der Waals surface area (Å²) in [5.74, 6) is 1.60. The first-order chi connectivity index (χ1) is 16.1. The van der Waals surface area contributed by atoms with Gasteiger partial charge in [-0.1, -0.05) is 60.1 Å². The third-order valence-electron chi connectivity index (χ3n) is 5.56. The van der Waals surface area contributed by atoms with Crippen LogP contribution < -0.4 is 10.1 Å². The molecule has 0 radical (unpaired) electrons. The Morgan fingerprint density at radius 1 is 1.09 bits per heavy atom. The van der Waals surface area contributed by atoms with Crippen molar-refractivity contribution in [1.29, 1.82) is 0 Å². The van der Waals surface area contributed by atoms with E-state index in [1.165, 1.54) is 36.6 Å². The lowest BCUT2D eigenvalue weighted by molar-refractivity contribution is -0.113. The lowest BCUT2D eigenvalue weighted by atomic mass is 10.1. The Kier molecular flexibility index (Phi) is 8.25. The van der Waals surface area contributed by atoms with Gasteiger partial charge in [-0.15, -0.1) is 10.2 Å². The largest absolute Gasteiger partial charge is 0.495 e. The van der Waals surface area contributed by atoms with Crippen molar-refractivity contribution in [2.45, 2.75) is 37.5 Å². The summed E-state index contributed by atoms with van der Waals surface area (Å²) in [6.45, 7) is 3.63. The molecule has 2 aromatic carbocycles. The maximum absolute atomic E-state index is 12.6. The summed E-state index contributed by atoms with van der Waals surface area (Å²) in [4.78, 5) is 15.0. The maximum Gasteiger partial charge on any atom is 0.234 e. The standard InChI is InChI=1S/C24H28ClN5O2S/c1-32-21-11-10-19(14-20(21)25)26-23(31)17-33-24-28-27-22(16-29-12-6-3-7-13-29)30(24)15-18-8-4-2-5-9-18/h2,4-5,8-11,14H,3,6-7,12-13,15-17H2,1H3,(H,26,31). The Bertz CT molecular complexity index is 1070. The van der Waals surface area contributed by atoms with E-state index >= 15 is 0 Å². The summed E-state index contributed by atoms with van der Waals surface area (Å²) in [5, 5.41) is 13.0. The van der Waals surface area contributed by atoms with E-state index in [1.54, 1.807) is 25.3 Å². The first-order valence-corrected chi connectivity index (χ1v) is 12.4. The Morgan fingerprint density at radius 3 is 2.61 bits per heavy atom. The molecule has 0 aliphatic carbocycles. The van der Waals surface area contributed by atoms with Crippen LogP contribution in [0.25, 0.3) is 0 Å². The molecule has 0 unspecified atom stereocenters. The molecule has 9 heteroatoms. The average molecular weight is 486 g/mol. The molecule has 1 saturated heterocycles. The molecular formula is C24H28ClN5O2S. The van der Waals surface area contributed by atoms with Crippen LogP contribution in [0.3, 0.4) is 0 Å². The van der Waals surface area contributed by atoms with Gasteiger partial charge >= 0.3 is 0 Å². The van der Waals surface area contributed by atoms with Crippen LogP contribution >= 0.6 is 23.4 Å². The molecule has 33 heavy (non-hydrogen) atoms. The van der Waals surface area contributed by atoms with Gasteiger partial charge < -0.3 is 14.6 Å². The Hall–Kier alpha value is -2.55. The molecule has 1 N–H and O–H groups in total. The van der Waals surface area contributed by atoms with E-state index in [0.29, 0.717) is 23.0 Å². The summed E-state index contributed by atoms with van der Waals surface area (Å²) in [5.41, 5.74) is 1.80. The number of nitrogens with one attached hydrogen (secondary N) is 1. The molecule has 3 aromatic rings. The van der Waals surface area contributed by atoms with Crippen molar-refractivity contribution >= 4 is 35.0 Å². The predicted octanol–water partition coefficient (Wildman–Crippen LogP) is 4.71. The summed E-state index contributed by atoms with van der Waals surface area (Å²) in [7, 11) is 1.56. The van der Waals surface area contributed by atoms with Crippen LogP contribution in [0.4, 0.5) is 5.69 Å². The first-order valence-electron chi connectivity index (χ1n) is 11.1. The van der Waals surface area contributed by atoms with Crippen LogP contribution in [-0.4, -0.2) is 51.5 Å². The number of hydrogen-bond donors (Lipinski definition) is 1. The molecule has 0 spiro atoms. The average Bonchev–Trinajstić information content (AvgIpc) is 3.20. The van der Waals surface area contributed by atoms with Gasteiger partial charge in [0.2, 0.25) is 5.91 Å². The van der Waals surface area contributed by atoms with Crippen molar-refractivity contribution in [3.05, 3.63) is 64.9 Å². The Labute approximate surface area is 203 Å². The van der Waals surface area contributed by atoms with E-state index in [1.807, 2.05) is 18.2 Å². The summed E-state index contributed by atoms with van der Waals surface area (Å²) < 4.78 is 7.29. The van der Waals surface area contributed by atoms with Crippen molar-refractivity contribution in [2.24, 2.45) is 0 Å². The number of benzene rings is 2. The minimum atomic E-state index is -0.131. The van der Waals surface area contributed by atoms with E-state index < -0.39 is 0 Å². The van der Waals surface area contributed by atoms with Crippen LogP contribution in [0.1, 0.15) is 30.7 Å². The zero-order valence-corrected chi connectivity index (χ0v) is 20.2. The molecule has 1 fully saturated rings.